The first-order chi connectivity index (χ1) is 13.8. The molecule has 0 aliphatic rings. The van der Waals surface area contributed by atoms with Gasteiger partial charge in [-0.3, -0.25) is 0 Å². The minimum Gasteiger partial charge on any atom is -0.494 e. The fraction of sp³-hybridized carbons (Fsp3) is 0.409. The minimum atomic E-state index is -3.16. The normalized spacial score (nSPS) is 11.5. The fourth-order valence-electron chi connectivity index (χ4n) is 2.82. The zero-order valence-corrected chi connectivity index (χ0v) is 21.2. The molecule has 0 aliphatic carbocycles. The summed E-state index contributed by atoms with van der Waals surface area (Å²) in [5, 5.41) is 6.58. The molecule has 166 valence electrons. The predicted octanol–water partition coefficient (Wildman–Crippen LogP) is 3.71. The molecule has 2 aromatic rings. The van der Waals surface area contributed by atoms with E-state index in [1.54, 1.807) is 12.1 Å². The van der Waals surface area contributed by atoms with Gasteiger partial charge in [0.2, 0.25) is 0 Å². The lowest BCUT2D eigenvalue weighted by Crippen LogP contribution is -2.38. The van der Waals surface area contributed by atoms with Crippen LogP contribution in [0, 0.1) is 6.92 Å². The van der Waals surface area contributed by atoms with Gasteiger partial charge in [0.05, 0.1) is 18.0 Å². The number of sulfone groups is 1. The van der Waals surface area contributed by atoms with Crippen molar-refractivity contribution in [1.82, 2.24) is 10.6 Å². The third-order valence-corrected chi connectivity index (χ3v) is 5.46. The molecule has 0 heterocycles. The smallest absolute Gasteiger partial charge is 0.191 e. The summed E-state index contributed by atoms with van der Waals surface area (Å²) in [7, 11) is -3.16. The van der Waals surface area contributed by atoms with E-state index in [0.29, 0.717) is 24.6 Å². The molecule has 0 saturated carbocycles. The summed E-state index contributed by atoms with van der Waals surface area (Å²) in [5.41, 5.74) is 3.28. The van der Waals surface area contributed by atoms with E-state index in [2.05, 4.69) is 27.8 Å². The average Bonchev–Trinajstić information content (AvgIpc) is 2.67. The number of hydrogen-bond donors (Lipinski definition) is 2. The summed E-state index contributed by atoms with van der Waals surface area (Å²) in [6.45, 7) is 8.65. The number of guanidine groups is 1. The molecule has 8 heteroatoms. The molecule has 2 aromatic carbocycles. The maximum absolute atomic E-state index is 11.5. The van der Waals surface area contributed by atoms with E-state index in [0.717, 1.165) is 41.4 Å². The number of benzene rings is 2. The van der Waals surface area contributed by atoms with Crippen molar-refractivity contribution < 1.29 is 13.2 Å². The van der Waals surface area contributed by atoms with Crippen LogP contribution < -0.4 is 15.4 Å². The quantitative estimate of drug-likeness (QED) is 0.286. The second-order valence-corrected chi connectivity index (χ2v) is 8.85. The van der Waals surface area contributed by atoms with Gasteiger partial charge in [0.15, 0.2) is 15.8 Å². The van der Waals surface area contributed by atoms with Crippen molar-refractivity contribution in [3.05, 3.63) is 59.2 Å². The summed E-state index contributed by atoms with van der Waals surface area (Å²) in [6, 6.07) is 13.2. The first kappa shape index (κ1) is 26.2. The van der Waals surface area contributed by atoms with Gasteiger partial charge in [-0.2, -0.15) is 0 Å². The largest absolute Gasteiger partial charge is 0.494 e. The Labute approximate surface area is 197 Å². The van der Waals surface area contributed by atoms with Gasteiger partial charge in [-0.05, 0) is 56.5 Å². The van der Waals surface area contributed by atoms with Gasteiger partial charge in [0.1, 0.15) is 5.75 Å². The van der Waals surface area contributed by atoms with Gasteiger partial charge in [-0.15, -0.1) is 24.0 Å². The second kappa shape index (κ2) is 12.8. The Morgan fingerprint density at radius 2 is 1.77 bits per heavy atom. The Kier molecular flexibility index (Phi) is 11.2. The molecule has 0 spiro atoms. The number of halogens is 1. The molecule has 0 fully saturated rings. The van der Waals surface area contributed by atoms with E-state index >= 15 is 0 Å². The molecular formula is C22H32IN3O3S. The molecule has 0 radical (unpaired) electrons. The third-order valence-electron chi connectivity index (χ3n) is 4.33. The summed E-state index contributed by atoms with van der Waals surface area (Å²) in [4.78, 5) is 5.01. The Morgan fingerprint density at radius 3 is 2.37 bits per heavy atom. The van der Waals surface area contributed by atoms with Crippen molar-refractivity contribution in [3.8, 4) is 5.75 Å². The number of rotatable bonds is 9. The number of nitrogens with one attached hydrogen (secondary N) is 2. The Bertz CT molecular complexity index is 929. The standard InChI is InChI=1S/C22H31N3O3S.HI/c1-5-23-22(25-16-19-10-7-17(3)15-21(19)28-6-2)24-14-13-18-8-11-20(12-9-18)29(4,26)27;/h7-12,15H,5-6,13-14,16H2,1-4H3,(H2,23,24,25);1H. The molecule has 0 unspecified atom stereocenters. The van der Waals surface area contributed by atoms with Crippen molar-refractivity contribution in [2.24, 2.45) is 4.99 Å². The molecule has 6 nitrogen and oxygen atoms in total. The van der Waals surface area contributed by atoms with Crippen LogP contribution in [0.3, 0.4) is 0 Å². The zero-order chi connectivity index (χ0) is 21.3. The van der Waals surface area contributed by atoms with Gasteiger partial charge in [-0.1, -0.05) is 24.3 Å². The van der Waals surface area contributed by atoms with E-state index in [4.69, 9.17) is 4.74 Å². The molecule has 2 N–H and O–H groups in total. The number of nitrogens with zero attached hydrogens (tertiary/aromatic N) is 1. The van der Waals surface area contributed by atoms with Crippen LogP contribution in [0.1, 0.15) is 30.5 Å². The van der Waals surface area contributed by atoms with E-state index < -0.39 is 9.84 Å². The highest BCUT2D eigenvalue weighted by Crippen LogP contribution is 2.21. The van der Waals surface area contributed by atoms with Crippen molar-refractivity contribution >= 4 is 39.8 Å². The Hall–Kier alpha value is -1.81. The molecule has 30 heavy (non-hydrogen) atoms. The van der Waals surface area contributed by atoms with E-state index in [-0.39, 0.29) is 24.0 Å². The lowest BCUT2D eigenvalue weighted by molar-refractivity contribution is 0.336. The van der Waals surface area contributed by atoms with E-state index in [9.17, 15) is 8.42 Å². The summed E-state index contributed by atoms with van der Waals surface area (Å²) in [5.74, 6) is 1.61. The first-order valence-corrected chi connectivity index (χ1v) is 11.8. The van der Waals surface area contributed by atoms with Crippen LogP contribution >= 0.6 is 24.0 Å². The molecular weight excluding hydrogens is 513 g/mol. The maximum Gasteiger partial charge on any atom is 0.191 e. The fourth-order valence-corrected chi connectivity index (χ4v) is 3.45. The first-order valence-electron chi connectivity index (χ1n) is 9.87. The van der Waals surface area contributed by atoms with Crippen LogP contribution in [0.25, 0.3) is 0 Å². The highest BCUT2D eigenvalue weighted by molar-refractivity contribution is 14.0. The molecule has 0 atom stereocenters. The number of ether oxygens (including phenoxy) is 1. The molecule has 0 aliphatic heterocycles. The van der Waals surface area contributed by atoms with Crippen molar-refractivity contribution in [2.45, 2.75) is 38.6 Å². The van der Waals surface area contributed by atoms with Crippen LogP contribution in [-0.2, 0) is 22.8 Å². The SMILES string of the molecule is CCNC(=NCc1ccc(C)cc1OCC)NCCc1ccc(S(C)(=O)=O)cc1.I. The van der Waals surface area contributed by atoms with Crippen LogP contribution in [-0.4, -0.2) is 40.3 Å². The predicted molar refractivity (Wildman–Crippen MR) is 134 cm³/mol. The van der Waals surface area contributed by atoms with Gasteiger partial charge >= 0.3 is 0 Å². The van der Waals surface area contributed by atoms with Crippen molar-refractivity contribution in [2.75, 3.05) is 26.0 Å². The van der Waals surface area contributed by atoms with E-state index in [1.165, 1.54) is 6.26 Å². The van der Waals surface area contributed by atoms with Crippen molar-refractivity contribution in [1.29, 1.82) is 0 Å². The Balaban J connectivity index is 0.00000450. The Morgan fingerprint density at radius 1 is 1.07 bits per heavy atom. The lowest BCUT2D eigenvalue weighted by Gasteiger charge is -2.13. The minimum absolute atomic E-state index is 0. The highest BCUT2D eigenvalue weighted by Gasteiger charge is 2.07. The maximum atomic E-state index is 11.5. The highest BCUT2D eigenvalue weighted by atomic mass is 127. The summed E-state index contributed by atoms with van der Waals surface area (Å²) >= 11 is 0. The second-order valence-electron chi connectivity index (χ2n) is 6.83. The van der Waals surface area contributed by atoms with Gasteiger partial charge < -0.3 is 15.4 Å². The van der Waals surface area contributed by atoms with Gasteiger partial charge in [0, 0.05) is 24.9 Å². The summed E-state index contributed by atoms with van der Waals surface area (Å²) < 4.78 is 28.8. The molecule has 0 aromatic heterocycles. The third kappa shape index (κ3) is 8.51. The molecule has 0 saturated heterocycles. The molecule has 2 rings (SSSR count). The van der Waals surface area contributed by atoms with Crippen LogP contribution in [0.5, 0.6) is 5.75 Å². The number of hydrogen-bond acceptors (Lipinski definition) is 4. The van der Waals surface area contributed by atoms with Crippen LogP contribution in [0.2, 0.25) is 0 Å². The molecule has 0 bridgehead atoms. The van der Waals surface area contributed by atoms with Crippen LogP contribution in [0.4, 0.5) is 0 Å². The zero-order valence-electron chi connectivity index (χ0n) is 18.1. The van der Waals surface area contributed by atoms with Gasteiger partial charge in [0.25, 0.3) is 0 Å². The van der Waals surface area contributed by atoms with Gasteiger partial charge in [-0.25, -0.2) is 13.4 Å². The number of aliphatic imine (C=N–C) groups is 1. The lowest BCUT2D eigenvalue weighted by atomic mass is 10.1. The van der Waals surface area contributed by atoms with E-state index in [1.807, 2.05) is 39.0 Å². The average molecular weight is 545 g/mol. The molecule has 0 amide bonds. The number of aryl methyl sites for hydroxylation is 1. The summed E-state index contributed by atoms with van der Waals surface area (Å²) in [6.07, 6.45) is 1.98. The topological polar surface area (TPSA) is 79.8 Å². The monoisotopic (exact) mass is 545 g/mol. The van der Waals surface area contributed by atoms with Crippen LogP contribution in [0.15, 0.2) is 52.4 Å². The van der Waals surface area contributed by atoms with Crippen molar-refractivity contribution in [3.63, 3.8) is 0 Å².